The minimum absolute atomic E-state index is 0.108. The predicted octanol–water partition coefficient (Wildman–Crippen LogP) is 2.80. The van der Waals surface area contributed by atoms with Gasteiger partial charge in [-0.05, 0) is 20.8 Å². The largest absolute Gasteiger partial charge is 0.435 e. The quantitative estimate of drug-likeness (QED) is 0.819. The predicted molar refractivity (Wildman–Crippen MR) is 70.9 cm³/mol. The van der Waals surface area contributed by atoms with E-state index in [0.717, 1.165) is 4.90 Å². The molecule has 0 unspecified atom stereocenters. The Morgan fingerprint density at radius 2 is 1.82 bits per heavy atom. The van der Waals surface area contributed by atoms with E-state index in [4.69, 9.17) is 0 Å². The lowest BCUT2D eigenvalue weighted by Gasteiger charge is -2.28. The monoisotopic (exact) mass is 323 g/mol. The normalized spacial score (nSPS) is 11.7. The molecule has 0 aliphatic carbocycles. The third-order valence-corrected chi connectivity index (χ3v) is 2.70. The van der Waals surface area contributed by atoms with Crippen LogP contribution >= 0.6 is 0 Å². The maximum absolute atomic E-state index is 13.9. The lowest BCUT2D eigenvalue weighted by atomic mass is 10.1. The van der Waals surface area contributed by atoms with Crippen LogP contribution < -0.4 is 4.74 Å². The van der Waals surface area contributed by atoms with Crippen molar-refractivity contribution in [1.29, 1.82) is 0 Å². The van der Waals surface area contributed by atoms with E-state index in [2.05, 4.69) is 4.74 Å². The number of carbonyl (C=O) groups is 1. The summed E-state index contributed by atoms with van der Waals surface area (Å²) in [5.41, 5.74) is -2.13. The highest BCUT2D eigenvalue weighted by atomic mass is 19.3. The van der Waals surface area contributed by atoms with Crippen LogP contribution in [0.4, 0.5) is 17.6 Å². The summed E-state index contributed by atoms with van der Waals surface area (Å²) in [5.74, 6) is -4.32. The number of nitrogens with zero attached hydrogens (tertiary/aromatic N) is 1. The summed E-state index contributed by atoms with van der Waals surface area (Å²) in [6.07, 6.45) is 0. The fourth-order valence-corrected chi connectivity index (χ4v) is 1.88. The molecule has 0 fully saturated rings. The summed E-state index contributed by atoms with van der Waals surface area (Å²) < 4.78 is 55.7. The first-order valence-corrected chi connectivity index (χ1v) is 6.50. The molecule has 0 saturated heterocycles. The van der Waals surface area contributed by atoms with Gasteiger partial charge in [-0.3, -0.25) is 4.79 Å². The number of hydrogen-bond donors (Lipinski definition) is 1. The van der Waals surface area contributed by atoms with Gasteiger partial charge >= 0.3 is 6.61 Å². The molecule has 0 aliphatic rings. The van der Waals surface area contributed by atoms with Crippen LogP contribution in [0.15, 0.2) is 12.1 Å². The van der Waals surface area contributed by atoms with Crippen LogP contribution in [-0.4, -0.2) is 41.2 Å². The second-order valence-corrected chi connectivity index (χ2v) is 5.27. The zero-order valence-corrected chi connectivity index (χ0v) is 12.4. The molecule has 1 aromatic rings. The topological polar surface area (TPSA) is 49.8 Å². The number of alkyl halides is 2. The molecule has 1 rings (SSSR count). The van der Waals surface area contributed by atoms with E-state index in [0.29, 0.717) is 12.1 Å². The number of hydrogen-bond acceptors (Lipinski definition) is 3. The smallest absolute Gasteiger partial charge is 0.387 e. The highest BCUT2D eigenvalue weighted by Crippen LogP contribution is 2.24. The van der Waals surface area contributed by atoms with Crippen molar-refractivity contribution in [3.05, 3.63) is 29.3 Å². The molecule has 4 nitrogen and oxygen atoms in total. The number of ether oxygens (including phenoxy) is 1. The fourth-order valence-electron chi connectivity index (χ4n) is 1.88. The van der Waals surface area contributed by atoms with Crippen LogP contribution in [0.3, 0.4) is 0 Å². The van der Waals surface area contributed by atoms with Crippen molar-refractivity contribution in [1.82, 2.24) is 4.90 Å². The Balaban J connectivity index is 3.12. The Morgan fingerprint density at radius 1 is 1.32 bits per heavy atom. The van der Waals surface area contributed by atoms with Gasteiger partial charge in [-0.15, -0.1) is 0 Å². The molecular weight excluding hydrogens is 306 g/mol. The second kappa shape index (κ2) is 6.95. The highest BCUT2D eigenvalue weighted by molar-refractivity contribution is 5.95. The Bertz CT molecular complexity index is 520. The first kappa shape index (κ1) is 18.2. The van der Waals surface area contributed by atoms with E-state index in [1.807, 2.05) is 0 Å². The van der Waals surface area contributed by atoms with Crippen molar-refractivity contribution >= 4 is 5.91 Å². The average Bonchev–Trinajstić information content (AvgIpc) is 2.32. The second-order valence-electron chi connectivity index (χ2n) is 5.27. The van der Waals surface area contributed by atoms with Gasteiger partial charge in [0.05, 0.1) is 5.60 Å². The molecule has 0 aromatic heterocycles. The number of aliphatic hydroxyl groups is 1. The van der Waals surface area contributed by atoms with Gasteiger partial charge in [0, 0.05) is 25.2 Å². The van der Waals surface area contributed by atoms with Crippen molar-refractivity contribution in [2.75, 3.05) is 13.1 Å². The van der Waals surface area contributed by atoms with E-state index in [1.165, 1.54) is 13.8 Å². The van der Waals surface area contributed by atoms with Crippen LogP contribution in [0.2, 0.25) is 0 Å². The van der Waals surface area contributed by atoms with Gasteiger partial charge < -0.3 is 14.7 Å². The van der Waals surface area contributed by atoms with Crippen molar-refractivity contribution < 1.29 is 32.2 Å². The van der Waals surface area contributed by atoms with Crippen molar-refractivity contribution in [2.45, 2.75) is 33.0 Å². The van der Waals surface area contributed by atoms with Crippen molar-refractivity contribution in [3.8, 4) is 5.75 Å². The number of carbonyl (C=O) groups excluding carboxylic acids is 1. The molecule has 0 heterocycles. The highest BCUT2D eigenvalue weighted by Gasteiger charge is 2.27. The molecule has 0 aliphatic heterocycles. The van der Waals surface area contributed by atoms with Gasteiger partial charge in [0.25, 0.3) is 5.91 Å². The molecule has 1 N–H and O–H groups in total. The van der Waals surface area contributed by atoms with Crippen LogP contribution in [0.5, 0.6) is 5.75 Å². The van der Waals surface area contributed by atoms with Gasteiger partial charge in [-0.2, -0.15) is 8.78 Å². The molecule has 1 amide bonds. The Kier molecular flexibility index (Phi) is 5.76. The third-order valence-electron chi connectivity index (χ3n) is 2.70. The molecule has 0 radical (unpaired) electrons. The molecule has 0 atom stereocenters. The standard InChI is InChI=1S/C14H17F4NO3/c1-4-19(7-14(2,3)21)12(20)11-9(15)5-8(6-10(11)16)22-13(17)18/h5-6,13,21H,4,7H2,1-3H3. The minimum Gasteiger partial charge on any atom is -0.435 e. The summed E-state index contributed by atoms with van der Waals surface area (Å²) in [6.45, 7) is 1.19. The zero-order valence-electron chi connectivity index (χ0n) is 12.4. The summed E-state index contributed by atoms with van der Waals surface area (Å²) >= 11 is 0. The first-order chi connectivity index (χ1) is 10.0. The zero-order chi connectivity index (χ0) is 17.1. The van der Waals surface area contributed by atoms with E-state index in [1.54, 1.807) is 6.92 Å². The summed E-state index contributed by atoms with van der Waals surface area (Å²) in [6, 6.07) is 1.03. The van der Waals surface area contributed by atoms with Gasteiger partial charge in [-0.1, -0.05) is 0 Å². The SMILES string of the molecule is CCN(CC(C)(C)O)C(=O)c1c(F)cc(OC(F)F)cc1F. The molecule has 22 heavy (non-hydrogen) atoms. The van der Waals surface area contributed by atoms with E-state index in [9.17, 15) is 27.5 Å². The lowest BCUT2D eigenvalue weighted by molar-refractivity contribution is -0.0501. The number of amides is 1. The van der Waals surface area contributed by atoms with Crippen molar-refractivity contribution in [2.24, 2.45) is 0 Å². The van der Waals surface area contributed by atoms with Crippen molar-refractivity contribution in [3.63, 3.8) is 0 Å². The molecule has 8 heteroatoms. The summed E-state index contributed by atoms with van der Waals surface area (Å²) in [5, 5.41) is 9.71. The minimum atomic E-state index is -3.23. The Morgan fingerprint density at radius 3 is 2.18 bits per heavy atom. The van der Waals surface area contributed by atoms with E-state index < -0.39 is 41.1 Å². The maximum atomic E-state index is 13.9. The van der Waals surface area contributed by atoms with Gasteiger partial charge in [-0.25, -0.2) is 8.78 Å². The van der Waals surface area contributed by atoms with E-state index in [-0.39, 0.29) is 13.1 Å². The molecule has 0 spiro atoms. The number of benzene rings is 1. The fraction of sp³-hybridized carbons (Fsp3) is 0.500. The average molecular weight is 323 g/mol. The van der Waals surface area contributed by atoms with Gasteiger partial charge in [0.15, 0.2) is 0 Å². The molecule has 1 aromatic carbocycles. The number of rotatable bonds is 6. The van der Waals surface area contributed by atoms with Gasteiger partial charge in [0.2, 0.25) is 0 Å². The maximum Gasteiger partial charge on any atom is 0.387 e. The van der Waals surface area contributed by atoms with Gasteiger partial charge in [0.1, 0.15) is 22.9 Å². The third kappa shape index (κ3) is 4.87. The van der Waals surface area contributed by atoms with Crippen LogP contribution in [0.25, 0.3) is 0 Å². The Hall–Kier alpha value is -1.83. The number of likely N-dealkylation sites (N-methyl/N-ethyl adjacent to an activating group) is 1. The lowest BCUT2D eigenvalue weighted by Crippen LogP contribution is -2.42. The molecule has 0 saturated carbocycles. The first-order valence-electron chi connectivity index (χ1n) is 6.50. The molecule has 0 bridgehead atoms. The molecule has 124 valence electrons. The summed E-state index contributed by atoms with van der Waals surface area (Å²) in [7, 11) is 0. The Labute approximate surface area is 125 Å². The van der Waals surface area contributed by atoms with Crippen LogP contribution in [0, 0.1) is 11.6 Å². The van der Waals surface area contributed by atoms with Crippen LogP contribution in [0.1, 0.15) is 31.1 Å². The summed E-state index contributed by atoms with van der Waals surface area (Å²) in [4.78, 5) is 13.2. The van der Waals surface area contributed by atoms with Crippen LogP contribution in [-0.2, 0) is 0 Å². The molecular formula is C14H17F4NO3. The van der Waals surface area contributed by atoms with E-state index >= 15 is 0 Å². The number of halogens is 4.